The van der Waals surface area contributed by atoms with Gasteiger partial charge in [-0.15, -0.1) is 10.2 Å². The summed E-state index contributed by atoms with van der Waals surface area (Å²) >= 11 is 0. The average molecular weight is 1220 g/mol. The first-order valence-electron chi connectivity index (χ1n) is 21.7. The summed E-state index contributed by atoms with van der Waals surface area (Å²) in [5.74, 6) is -4.45. The molecular formula is C42H52Ar11N6O9. The van der Waals surface area contributed by atoms with E-state index in [-0.39, 0.29) is 512 Å². The Morgan fingerprint density at radius 1 is 0.353 bits per heavy atom. The van der Waals surface area contributed by atoms with Crippen molar-refractivity contribution in [1.29, 1.82) is 0 Å². The van der Waals surface area contributed by atoms with Gasteiger partial charge < -0.3 is 4.42 Å². The molecule has 0 spiro atoms. The van der Waals surface area contributed by atoms with Crippen molar-refractivity contribution in [3.63, 3.8) is 0 Å². The largest absolute Gasteiger partial charge is 0.425 e. The van der Waals surface area contributed by atoms with E-state index in [1.54, 1.807) is 0 Å². The number of imide groups is 4. The molecule has 26 heteroatoms. The van der Waals surface area contributed by atoms with Gasteiger partial charge in [0.25, 0.3) is 0 Å². The topological polar surface area (TPSA) is 188 Å². The molecule has 0 bridgehead atoms. The maximum absolute atomic E-state index is 14.0. The first-order valence-corrected chi connectivity index (χ1v) is 21.7. The predicted molar refractivity (Wildman–Crippen MR) is 195 cm³/mol. The maximum atomic E-state index is 14.0. The van der Waals surface area contributed by atoms with Crippen molar-refractivity contribution in [3.8, 4) is 0 Å². The first kappa shape index (κ1) is 79.6. The van der Waals surface area contributed by atoms with Crippen molar-refractivity contribution >= 4 is 47.3 Å². The summed E-state index contributed by atoms with van der Waals surface area (Å²) in [5.41, 5.74) is 0. The molecule has 8 amide bonds. The number of hydrogen-bond acceptors (Lipinski definition) is 11. The van der Waals surface area contributed by atoms with E-state index in [0.717, 1.165) is 42.4 Å². The van der Waals surface area contributed by atoms with Crippen LogP contribution in [0.1, 0.15) is 133 Å². The molecule has 68 heavy (non-hydrogen) atoms. The number of likely N-dealkylation sites (tertiary alicyclic amines) is 4. The molecule has 15 nitrogen and oxygen atoms in total. The number of fused-ring (bicyclic) bond motifs is 4. The van der Waals surface area contributed by atoms with Crippen LogP contribution in [0.25, 0.3) is 0 Å². The molecule has 0 N–H and O–H groups in total. The average Bonchev–Trinajstić information content (AvgIpc) is 3.98. The first-order chi connectivity index (χ1) is 27.4. The van der Waals surface area contributed by atoms with Gasteiger partial charge in [0.15, 0.2) is 0 Å². The summed E-state index contributed by atoms with van der Waals surface area (Å²) in [6.45, 7) is 2.28. The molecule has 5 aliphatic carbocycles. The minimum atomic E-state index is -0.642. The number of amides is 8. The van der Waals surface area contributed by atoms with E-state index in [0.29, 0.717) is 50.3 Å². The third-order valence-electron chi connectivity index (χ3n) is 16.2. The van der Waals surface area contributed by atoms with Gasteiger partial charge in [-0.2, -0.15) is 0 Å². The van der Waals surface area contributed by atoms with E-state index in [1.807, 2.05) is 0 Å². The monoisotopic (exact) mass is 1220 g/mol. The van der Waals surface area contributed by atoms with Crippen LogP contribution < -0.4 is 0 Å². The van der Waals surface area contributed by atoms with E-state index in [1.165, 1.54) is 34.6 Å². The molecule has 9 aliphatic rings. The molecule has 4 saturated heterocycles. The SMILES string of the molecule is CC1CCC(c2nnc(C3CCC(N4C(=O)C5CC6C(=O)N(C7CCC(N8C(=O)C9CC%10C(=O)N(C)C(=O)C%10CC9C8=O)CC7)C(=O)C6CC5C4=O)CC3)o2)CC1.[Ar].[Ar].[Ar].[Ar].[Ar].[Ar].[Ar].[Ar].[Ar].[Ar].[Ar]. The van der Waals surface area contributed by atoms with Gasteiger partial charge in [0.05, 0.1) is 47.3 Å². The number of carbonyl (C=O) groups is 8. The summed E-state index contributed by atoms with van der Waals surface area (Å²) < 4.78 is 6.18. The van der Waals surface area contributed by atoms with Crippen molar-refractivity contribution in [2.45, 2.75) is 140 Å². The molecule has 5 saturated carbocycles. The van der Waals surface area contributed by atoms with Gasteiger partial charge >= 0.3 is 0 Å². The smallest absolute Gasteiger partial charge is 0.233 e. The van der Waals surface area contributed by atoms with Gasteiger partial charge in [-0.3, -0.25) is 58.0 Å². The maximum Gasteiger partial charge on any atom is 0.233 e. The Morgan fingerprint density at radius 2 is 0.574 bits per heavy atom. The van der Waals surface area contributed by atoms with Gasteiger partial charge in [0.2, 0.25) is 59.0 Å². The molecule has 8 unspecified atom stereocenters. The molecule has 1 aromatic rings. The normalized spacial score (nSPS) is 35.4. The predicted octanol–water partition coefficient (Wildman–Crippen LogP) is 3.32. The molecular weight excluding hydrogens is 1170 g/mol. The van der Waals surface area contributed by atoms with Crippen LogP contribution in [-0.4, -0.2) is 102 Å². The molecule has 1 aromatic heterocycles. The number of carbonyl (C=O) groups excluding carboxylic acids is 8. The minimum Gasteiger partial charge on any atom is -0.425 e. The zero-order valence-corrected chi connectivity index (χ0v) is 44.4. The summed E-state index contributed by atoms with van der Waals surface area (Å²) in [5, 5.41) is 8.81. The van der Waals surface area contributed by atoms with Gasteiger partial charge in [-0.05, 0) is 109 Å². The van der Waals surface area contributed by atoms with Crippen molar-refractivity contribution in [2.75, 3.05) is 7.05 Å². The zero-order chi connectivity index (χ0) is 39.6. The quantitative estimate of drug-likeness (QED) is 0.394. The molecule has 10 rings (SSSR count). The Labute approximate surface area is 728 Å². The van der Waals surface area contributed by atoms with Crippen molar-refractivity contribution in [1.82, 2.24) is 29.8 Å². The molecule has 9 fully saturated rings. The third-order valence-corrected chi connectivity index (χ3v) is 16.2. The van der Waals surface area contributed by atoms with Gasteiger partial charge in [-0.1, -0.05) is 6.92 Å². The van der Waals surface area contributed by atoms with Crippen molar-refractivity contribution < 1.29 is 458 Å². The Kier molecular flexibility index (Phi) is 40.4. The van der Waals surface area contributed by atoms with Crippen LogP contribution in [0.2, 0.25) is 0 Å². The van der Waals surface area contributed by atoms with E-state index in [2.05, 4.69) is 17.1 Å². The fourth-order valence-electron chi connectivity index (χ4n) is 12.9. The summed E-state index contributed by atoms with van der Waals surface area (Å²) in [6, 6.07) is -0.982. The van der Waals surface area contributed by atoms with Crippen LogP contribution in [0.15, 0.2) is 4.42 Å². The van der Waals surface area contributed by atoms with E-state index in [9.17, 15) is 38.4 Å². The standard InChI is InChI=1S/C42H52N6O9.11Ar/c1-19-3-5-20(6-4-19)33-43-44-34(57-33)21-7-9-22(10-8-21)46-39(53)29-17-31-32(18-30(29)40(46)54)42(56)48(41(31)55)24-13-11-23(12-14-24)47-37(51)27-15-25-26(16-28(27)38(47)52)36(50)45(2)35(25)49;;;;;;;;;;;/h19-32H,3-18H2,1-2H3;;;;;;;;;;;. The van der Waals surface area contributed by atoms with Gasteiger partial charge in [0.1, 0.15) is 0 Å². The van der Waals surface area contributed by atoms with Crippen LogP contribution in [0.5, 0.6) is 0 Å². The fraction of sp³-hybridized carbons (Fsp3) is 0.762. The molecule has 0 aromatic carbocycles. The number of rotatable bonds is 5. The van der Waals surface area contributed by atoms with Crippen molar-refractivity contribution in [2.24, 2.45) is 53.3 Å². The second-order valence-corrected chi connectivity index (χ2v) is 19.1. The zero-order valence-electron chi connectivity index (χ0n) is 36.6. The molecule has 392 valence electrons. The number of nitrogens with zero attached hydrogens (tertiary/aromatic N) is 6. The third kappa shape index (κ3) is 15.5. The van der Waals surface area contributed by atoms with Crippen molar-refractivity contribution in [3.05, 3.63) is 11.8 Å². The van der Waals surface area contributed by atoms with Crippen LogP contribution in [0, 0.1) is 468 Å². The van der Waals surface area contributed by atoms with Crippen LogP contribution in [-0.2, 0) is 38.4 Å². The molecule has 0 radical (unpaired) electrons. The minimum absolute atomic E-state index is 0. The van der Waals surface area contributed by atoms with E-state index < -0.39 is 47.3 Å². The second-order valence-electron chi connectivity index (χ2n) is 19.1. The van der Waals surface area contributed by atoms with Crippen LogP contribution in [0.3, 0.4) is 0 Å². The van der Waals surface area contributed by atoms with Crippen LogP contribution in [0.4, 0.5) is 0 Å². The fourth-order valence-corrected chi connectivity index (χ4v) is 12.9. The summed E-state index contributed by atoms with van der Waals surface area (Å²) in [7, 11) is 1.45. The molecule has 8 atom stereocenters. The van der Waals surface area contributed by atoms with E-state index in [4.69, 9.17) is 4.42 Å². The Balaban J connectivity index is 0. The Morgan fingerprint density at radius 3 is 0.838 bits per heavy atom. The van der Waals surface area contributed by atoms with Crippen LogP contribution >= 0.6 is 0 Å². The van der Waals surface area contributed by atoms with Gasteiger partial charge in [0, 0.05) is 452 Å². The van der Waals surface area contributed by atoms with Gasteiger partial charge in [-0.25, -0.2) is 0 Å². The van der Waals surface area contributed by atoms with E-state index >= 15 is 0 Å². The summed E-state index contributed by atoms with van der Waals surface area (Å²) in [6.07, 6.45) is 9.78. The second kappa shape index (κ2) is 34.5. The Hall–Kier alpha value is 9.56. The summed E-state index contributed by atoms with van der Waals surface area (Å²) in [4.78, 5) is 114. The number of hydrogen-bond donors (Lipinski definition) is 0. The number of aromatic nitrogens is 2. The Bertz CT molecular complexity index is 1900. The molecule has 5 heterocycles. The molecule has 4 aliphatic heterocycles.